The fourth-order valence-electron chi connectivity index (χ4n) is 4.27. The van der Waals surface area contributed by atoms with Gasteiger partial charge in [0.1, 0.15) is 18.1 Å². The molecule has 2 fully saturated rings. The molecular weight excluding hydrogens is 461 g/mol. The number of imidazole rings is 1. The minimum Gasteiger partial charge on any atom is -0.442 e. The third-order valence-electron chi connectivity index (χ3n) is 6.11. The van der Waals surface area contributed by atoms with Gasteiger partial charge in [0, 0.05) is 39.6 Å². The van der Waals surface area contributed by atoms with Gasteiger partial charge >= 0.3 is 11.9 Å². The second-order valence-corrected chi connectivity index (χ2v) is 8.60. The number of benzene rings is 1. The highest BCUT2D eigenvalue weighted by Gasteiger charge is 2.33. The average Bonchev–Trinajstić information content (AvgIpc) is 3.45. The first-order valence-corrected chi connectivity index (χ1v) is 11.5. The van der Waals surface area contributed by atoms with E-state index in [-0.39, 0.29) is 24.8 Å². The van der Waals surface area contributed by atoms with Crippen molar-refractivity contribution >= 4 is 29.2 Å². The standard InChI is InChI=1S/C22H28FN7O5/c1-16(31)24-12-18-13-29(22(32)35-18)17-3-4-20(19(23)11-17)28-9-7-26(8-10-28)5-2-6-27-14-21(25-15-27)30(33)34/h3-4,11,14-15,18H,2,5-10,12-13H2,1H3,(H,24,31)/t18-/m0/s1. The highest BCUT2D eigenvalue weighted by Crippen LogP contribution is 2.28. The number of carbonyl (C=O) groups is 2. The van der Waals surface area contributed by atoms with Crippen molar-refractivity contribution < 1.29 is 23.6 Å². The maximum absolute atomic E-state index is 15.0. The molecule has 188 valence electrons. The number of rotatable bonds is 9. The number of cyclic esters (lactones) is 1. The van der Waals surface area contributed by atoms with Crippen molar-refractivity contribution in [2.45, 2.75) is 26.0 Å². The van der Waals surface area contributed by atoms with E-state index in [1.54, 1.807) is 16.7 Å². The zero-order valence-electron chi connectivity index (χ0n) is 19.4. The van der Waals surface area contributed by atoms with Crippen LogP contribution in [0.15, 0.2) is 30.7 Å². The zero-order chi connectivity index (χ0) is 24.9. The monoisotopic (exact) mass is 489 g/mol. The lowest BCUT2D eigenvalue weighted by molar-refractivity contribution is -0.389. The molecule has 0 spiro atoms. The average molecular weight is 490 g/mol. The molecule has 2 amide bonds. The van der Waals surface area contributed by atoms with Gasteiger partial charge in [-0.25, -0.2) is 9.18 Å². The Kier molecular flexibility index (Phi) is 7.44. The molecule has 2 aromatic rings. The molecule has 12 nitrogen and oxygen atoms in total. The molecular formula is C22H28FN7O5. The summed E-state index contributed by atoms with van der Waals surface area (Å²) in [6, 6.07) is 4.73. The van der Waals surface area contributed by atoms with Crippen molar-refractivity contribution in [3.8, 4) is 0 Å². The highest BCUT2D eigenvalue weighted by atomic mass is 19.1. The van der Waals surface area contributed by atoms with E-state index in [4.69, 9.17) is 4.74 Å². The number of nitro groups is 1. The molecule has 35 heavy (non-hydrogen) atoms. The fraction of sp³-hybridized carbons (Fsp3) is 0.500. The summed E-state index contributed by atoms with van der Waals surface area (Å²) >= 11 is 0. The van der Waals surface area contributed by atoms with E-state index in [1.165, 1.54) is 30.4 Å². The molecule has 4 rings (SSSR count). The van der Waals surface area contributed by atoms with Gasteiger partial charge in [-0.15, -0.1) is 0 Å². The Labute approximate surface area is 201 Å². The quantitative estimate of drug-likeness (QED) is 0.416. The van der Waals surface area contributed by atoms with E-state index in [0.29, 0.717) is 31.0 Å². The van der Waals surface area contributed by atoms with Gasteiger partial charge in [-0.3, -0.25) is 14.6 Å². The van der Waals surface area contributed by atoms with Gasteiger partial charge < -0.3 is 29.6 Å². The van der Waals surface area contributed by atoms with Crippen molar-refractivity contribution in [3.63, 3.8) is 0 Å². The summed E-state index contributed by atoms with van der Waals surface area (Å²) in [6.07, 6.45) is 2.67. The summed E-state index contributed by atoms with van der Waals surface area (Å²) < 4.78 is 21.9. The molecule has 0 unspecified atom stereocenters. The topological polar surface area (TPSA) is 126 Å². The maximum atomic E-state index is 15.0. The highest BCUT2D eigenvalue weighted by molar-refractivity contribution is 5.90. The first-order valence-electron chi connectivity index (χ1n) is 11.5. The first-order chi connectivity index (χ1) is 16.8. The van der Waals surface area contributed by atoms with Crippen LogP contribution in [0.4, 0.5) is 26.4 Å². The molecule has 1 aromatic carbocycles. The molecule has 0 saturated carbocycles. The molecule has 2 aliphatic rings. The van der Waals surface area contributed by atoms with Crippen LogP contribution in [0.5, 0.6) is 0 Å². The van der Waals surface area contributed by atoms with E-state index in [2.05, 4.69) is 15.2 Å². The first kappa shape index (κ1) is 24.4. The van der Waals surface area contributed by atoms with Crippen molar-refractivity contribution in [3.05, 3.63) is 46.7 Å². The number of nitrogens with one attached hydrogen (secondary N) is 1. The van der Waals surface area contributed by atoms with Crippen molar-refractivity contribution in [2.24, 2.45) is 0 Å². The Hall–Kier alpha value is -3.74. The van der Waals surface area contributed by atoms with Crippen molar-refractivity contribution in [1.29, 1.82) is 0 Å². The molecule has 0 aliphatic carbocycles. The summed E-state index contributed by atoms with van der Waals surface area (Å²) in [5.41, 5.74) is 0.904. The molecule has 0 radical (unpaired) electrons. The van der Waals surface area contributed by atoms with Gasteiger partial charge in [0.2, 0.25) is 12.2 Å². The van der Waals surface area contributed by atoms with E-state index < -0.39 is 22.9 Å². The number of aryl methyl sites for hydroxylation is 1. The molecule has 1 aromatic heterocycles. The normalized spacial score (nSPS) is 18.6. The van der Waals surface area contributed by atoms with Crippen molar-refractivity contribution in [1.82, 2.24) is 19.8 Å². The smallest absolute Gasteiger partial charge is 0.414 e. The number of halogens is 1. The van der Waals surface area contributed by atoms with Gasteiger partial charge in [0.05, 0.1) is 24.5 Å². The minimum absolute atomic E-state index is 0.155. The van der Waals surface area contributed by atoms with Crippen LogP contribution in [0.3, 0.4) is 0 Å². The van der Waals surface area contributed by atoms with Gasteiger partial charge in [-0.05, 0) is 41.1 Å². The van der Waals surface area contributed by atoms with Crippen LogP contribution >= 0.6 is 0 Å². The number of hydrogen-bond acceptors (Lipinski definition) is 8. The molecule has 0 bridgehead atoms. The number of piperazine rings is 1. The van der Waals surface area contributed by atoms with E-state index in [1.807, 2.05) is 4.90 Å². The Morgan fingerprint density at radius 1 is 1.29 bits per heavy atom. The molecule has 13 heteroatoms. The second kappa shape index (κ2) is 10.7. The number of nitrogens with zero attached hydrogens (tertiary/aromatic N) is 6. The van der Waals surface area contributed by atoms with Crippen LogP contribution in [0.2, 0.25) is 0 Å². The van der Waals surface area contributed by atoms with E-state index in [0.717, 1.165) is 26.1 Å². The molecule has 2 saturated heterocycles. The van der Waals surface area contributed by atoms with E-state index >= 15 is 0 Å². The Balaban J connectivity index is 1.25. The molecule has 1 atom stereocenters. The predicted octanol–water partition coefficient (Wildman–Crippen LogP) is 1.60. The van der Waals surface area contributed by atoms with Gasteiger partial charge in [-0.1, -0.05) is 0 Å². The zero-order valence-corrected chi connectivity index (χ0v) is 19.4. The van der Waals surface area contributed by atoms with Gasteiger partial charge in [-0.2, -0.15) is 0 Å². The largest absolute Gasteiger partial charge is 0.442 e. The minimum atomic E-state index is -0.564. The second-order valence-electron chi connectivity index (χ2n) is 8.60. The van der Waals surface area contributed by atoms with Crippen LogP contribution < -0.4 is 15.1 Å². The Bertz CT molecular complexity index is 1090. The summed E-state index contributed by atoms with van der Waals surface area (Å²) in [7, 11) is 0. The maximum Gasteiger partial charge on any atom is 0.414 e. The van der Waals surface area contributed by atoms with Crippen LogP contribution in [0.25, 0.3) is 0 Å². The lowest BCUT2D eigenvalue weighted by Crippen LogP contribution is -2.47. The van der Waals surface area contributed by atoms with E-state index in [9.17, 15) is 24.1 Å². The molecule has 2 aliphatic heterocycles. The number of carbonyl (C=O) groups excluding carboxylic acids is 2. The van der Waals surface area contributed by atoms with Crippen LogP contribution in [0, 0.1) is 15.9 Å². The third-order valence-corrected chi connectivity index (χ3v) is 6.11. The third kappa shape index (κ3) is 6.04. The lowest BCUT2D eigenvalue weighted by Gasteiger charge is -2.36. The fourth-order valence-corrected chi connectivity index (χ4v) is 4.27. The number of ether oxygens (including phenoxy) is 1. The summed E-state index contributed by atoms with van der Waals surface area (Å²) in [5.74, 6) is -0.770. The number of aromatic nitrogens is 2. The summed E-state index contributed by atoms with van der Waals surface area (Å²) in [5, 5.41) is 13.3. The van der Waals surface area contributed by atoms with Gasteiger partial charge in [0.25, 0.3) is 0 Å². The Morgan fingerprint density at radius 2 is 2.06 bits per heavy atom. The van der Waals surface area contributed by atoms with Crippen LogP contribution in [-0.2, 0) is 16.1 Å². The number of anilines is 2. The number of amides is 2. The predicted molar refractivity (Wildman–Crippen MR) is 125 cm³/mol. The SMILES string of the molecule is CC(=O)NC[C@H]1CN(c2ccc(N3CCN(CCCn4cnc([N+](=O)[O-])c4)CC3)c(F)c2)C(=O)O1. The summed E-state index contributed by atoms with van der Waals surface area (Å²) in [6.45, 7) is 6.19. The van der Waals surface area contributed by atoms with Crippen molar-refractivity contribution in [2.75, 3.05) is 55.6 Å². The van der Waals surface area contributed by atoms with Gasteiger partial charge in [0.15, 0.2) is 0 Å². The van der Waals surface area contributed by atoms with Crippen LogP contribution in [0.1, 0.15) is 13.3 Å². The lowest BCUT2D eigenvalue weighted by atomic mass is 10.2. The van der Waals surface area contributed by atoms with Crippen LogP contribution in [-0.4, -0.2) is 83.3 Å². The molecule has 3 heterocycles. The Morgan fingerprint density at radius 3 is 2.71 bits per heavy atom. The summed E-state index contributed by atoms with van der Waals surface area (Å²) in [4.78, 5) is 42.9. The number of hydrogen-bond donors (Lipinski definition) is 1. The molecule has 1 N–H and O–H groups in total.